The molecule has 2 heteroatoms. The summed E-state index contributed by atoms with van der Waals surface area (Å²) in [5, 5.41) is 12.5. The molecule has 1 N–H and O–H groups in total. The number of ether oxygens (including phenoxy) is 1. The number of phenolic OH excluding ortho intramolecular Hbond substituents is 1. The molecular formula is C20H20O2. The molecule has 0 aliphatic heterocycles. The third-order valence-corrected chi connectivity index (χ3v) is 3.67. The Labute approximate surface area is 131 Å². The number of hydrogen-bond donors (Lipinski definition) is 1. The molecule has 0 aromatic heterocycles. The molecule has 0 aliphatic rings. The molecule has 0 saturated heterocycles. The molecule has 3 rings (SSSR count). The maximum Gasteiger partial charge on any atom is 0.165 e. The van der Waals surface area contributed by atoms with Crippen molar-refractivity contribution in [2.75, 3.05) is 0 Å². The fourth-order valence-corrected chi connectivity index (χ4v) is 2.73. The maximum absolute atomic E-state index is 10.6. The van der Waals surface area contributed by atoms with E-state index in [-0.39, 0.29) is 11.9 Å². The van der Waals surface area contributed by atoms with Gasteiger partial charge in [-0.2, -0.15) is 0 Å². The van der Waals surface area contributed by atoms with E-state index in [1.165, 1.54) is 5.56 Å². The minimum absolute atomic E-state index is 0.0321. The van der Waals surface area contributed by atoms with Gasteiger partial charge in [0.2, 0.25) is 0 Å². The zero-order valence-corrected chi connectivity index (χ0v) is 12.9. The molecule has 22 heavy (non-hydrogen) atoms. The monoisotopic (exact) mass is 292 g/mol. The summed E-state index contributed by atoms with van der Waals surface area (Å²) >= 11 is 0. The van der Waals surface area contributed by atoms with Gasteiger partial charge in [-0.15, -0.1) is 0 Å². The van der Waals surface area contributed by atoms with Gasteiger partial charge >= 0.3 is 0 Å². The summed E-state index contributed by atoms with van der Waals surface area (Å²) in [5.74, 6) is 0.778. The number of fused-ring (bicyclic) bond motifs is 1. The number of rotatable bonds is 4. The second-order valence-electron chi connectivity index (χ2n) is 5.76. The quantitative estimate of drug-likeness (QED) is 0.739. The van der Waals surface area contributed by atoms with Crippen molar-refractivity contribution in [3.8, 4) is 11.5 Å². The first-order chi connectivity index (χ1) is 10.6. The maximum atomic E-state index is 10.6. The molecule has 0 atom stereocenters. The molecule has 112 valence electrons. The number of hydrogen-bond acceptors (Lipinski definition) is 2. The molecule has 0 amide bonds. The Bertz CT molecular complexity index is 776. The van der Waals surface area contributed by atoms with Crippen LogP contribution in [0, 0.1) is 0 Å². The molecule has 0 fully saturated rings. The van der Waals surface area contributed by atoms with Crippen molar-refractivity contribution in [2.24, 2.45) is 0 Å². The molecule has 0 aliphatic carbocycles. The van der Waals surface area contributed by atoms with Gasteiger partial charge in [-0.05, 0) is 42.8 Å². The zero-order chi connectivity index (χ0) is 15.5. The molecular weight excluding hydrogens is 272 g/mol. The van der Waals surface area contributed by atoms with Crippen LogP contribution in [0.5, 0.6) is 11.5 Å². The molecule has 0 heterocycles. The summed E-state index contributed by atoms with van der Waals surface area (Å²) < 4.78 is 5.71. The predicted octanol–water partition coefficient (Wildman–Crippen LogP) is 4.92. The summed E-state index contributed by atoms with van der Waals surface area (Å²) in [6, 6.07) is 20.2. The number of aromatic hydroxyl groups is 1. The minimum atomic E-state index is 0.0321. The Morgan fingerprint density at radius 1 is 0.909 bits per heavy atom. The van der Waals surface area contributed by atoms with Crippen LogP contribution < -0.4 is 4.74 Å². The average Bonchev–Trinajstić information content (AvgIpc) is 2.51. The van der Waals surface area contributed by atoms with Gasteiger partial charge in [-0.25, -0.2) is 0 Å². The lowest BCUT2D eigenvalue weighted by atomic mass is 9.97. The van der Waals surface area contributed by atoms with Crippen LogP contribution in [0.25, 0.3) is 10.8 Å². The van der Waals surface area contributed by atoms with Crippen LogP contribution in [-0.2, 0) is 6.42 Å². The zero-order valence-electron chi connectivity index (χ0n) is 12.9. The first-order valence-electron chi connectivity index (χ1n) is 7.59. The molecule has 3 aromatic carbocycles. The predicted molar refractivity (Wildman–Crippen MR) is 90.6 cm³/mol. The fourth-order valence-electron chi connectivity index (χ4n) is 2.73. The van der Waals surface area contributed by atoms with Crippen LogP contribution in [0.1, 0.15) is 25.0 Å². The first-order valence-corrected chi connectivity index (χ1v) is 7.59. The Morgan fingerprint density at radius 3 is 2.41 bits per heavy atom. The van der Waals surface area contributed by atoms with Crippen molar-refractivity contribution in [3.05, 3.63) is 71.8 Å². The van der Waals surface area contributed by atoms with E-state index in [0.717, 1.165) is 22.8 Å². The van der Waals surface area contributed by atoms with Crippen LogP contribution in [-0.4, -0.2) is 11.2 Å². The van der Waals surface area contributed by atoms with Gasteiger partial charge in [-0.1, -0.05) is 54.6 Å². The van der Waals surface area contributed by atoms with E-state index in [9.17, 15) is 5.11 Å². The van der Waals surface area contributed by atoms with Crippen molar-refractivity contribution < 1.29 is 9.84 Å². The van der Waals surface area contributed by atoms with Crippen LogP contribution in [0.15, 0.2) is 60.7 Å². The van der Waals surface area contributed by atoms with E-state index in [1.54, 1.807) is 0 Å². The summed E-state index contributed by atoms with van der Waals surface area (Å²) in [4.78, 5) is 0. The van der Waals surface area contributed by atoms with Crippen molar-refractivity contribution in [1.29, 1.82) is 0 Å². The third-order valence-electron chi connectivity index (χ3n) is 3.67. The first kappa shape index (κ1) is 14.5. The third kappa shape index (κ3) is 2.91. The summed E-state index contributed by atoms with van der Waals surface area (Å²) in [5.41, 5.74) is 2.33. The smallest absolute Gasteiger partial charge is 0.165 e. The van der Waals surface area contributed by atoms with E-state index < -0.39 is 0 Å². The lowest BCUT2D eigenvalue weighted by Gasteiger charge is -2.15. The summed E-state index contributed by atoms with van der Waals surface area (Å²) in [7, 11) is 0. The Balaban J connectivity index is 2.09. The van der Waals surface area contributed by atoms with E-state index >= 15 is 0 Å². The van der Waals surface area contributed by atoms with Gasteiger partial charge < -0.3 is 9.84 Å². The van der Waals surface area contributed by atoms with Crippen LogP contribution in [0.2, 0.25) is 0 Å². The topological polar surface area (TPSA) is 29.5 Å². The SMILES string of the molecule is CC(C)Oc1ccc2cccc(Cc3ccccc3)c2c1O. The Morgan fingerprint density at radius 2 is 1.68 bits per heavy atom. The highest BCUT2D eigenvalue weighted by Crippen LogP contribution is 2.37. The normalized spacial score (nSPS) is 11.0. The fraction of sp³-hybridized carbons (Fsp3) is 0.200. The molecule has 0 saturated carbocycles. The lowest BCUT2D eigenvalue weighted by molar-refractivity contribution is 0.232. The van der Waals surface area contributed by atoms with Gasteiger partial charge in [0.05, 0.1) is 6.10 Å². The molecule has 0 bridgehead atoms. The van der Waals surface area contributed by atoms with Gasteiger partial charge in [0.15, 0.2) is 11.5 Å². The lowest BCUT2D eigenvalue weighted by Crippen LogP contribution is -2.05. The van der Waals surface area contributed by atoms with Crippen LogP contribution >= 0.6 is 0 Å². The average molecular weight is 292 g/mol. The molecule has 0 radical (unpaired) electrons. The van der Waals surface area contributed by atoms with Gasteiger partial charge in [0.25, 0.3) is 0 Å². The molecule has 2 nitrogen and oxygen atoms in total. The van der Waals surface area contributed by atoms with E-state index in [1.807, 2.05) is 56.3 Å². The van der Waals surface area contributed by atoms with Crippen molar-refractivity contribution in [3.63, 3.8) is 0 Å². The van der Waals surface area contributed by atoms with Crippen molar-refractivity contribution >= 4 is 10.8 Å². The van der Waals surface area contributed by atoms with Gasteiger partial charge in [-0.3, -0.25) is 0 Å². The minimum Gasteiger partial charge on any atom is -0.504 e. The summed E-state index contributed by atoms with van der Waals surface area (Å²) in [6.45, 7) is 3.92. The van der Waals surface area contributed by atoms with Crippen LogP contribution in [0.3, 0.4) is 0 Å². The highest BCUT2D eigenvalue weighted by atomic mass is 16.5. The van der Waals surface area contributed by atoms with E-state index in [0.29, 0.717) is 5.75 Å². The number of phenols is 1. The Hall–Kier alpha value is -2.48. The van der Waals surface area contributed by atoms with Crippen molar-refractivity contribution in [1.82, 2.24) is 0 Å². The second-order valence-corrected chi connectivity index (χ2v) is 5.76. The highest BCUT2D eigenvalue weighted by Gasteiger charge is 2.12. The van der Waals surface area contributed by atoms with Gasteiger partial charge in [0, 0.05) is 5.39 Å². The highest BCUT2D eigenvalue weighted by molar-refractivity contribution is 5.93. The van der Waals surface area contributed by atoms with E-state index in [4.69, 9.17) is 4.74 Å². The molecule has 0 unspecified atom stereocenters. The van der Waals surface area contributed by atoms with Gasteiger partial charge in [0.1, 0.15) is 0 Å². The second kappa shape index (κ2) is 6.10. The van der Waals surface area contributed by atoms with E-state index in [2.05, 4.69) is 18.2 Å². The largest absolute Gasteiger partial charge is 0.504 e. The Kier molecular flexibility index (Phi) is 4.01. The van der Waals surface area contributed by atoms with Crippen molar-refractivity contribution in [2.45, 2.75) is 26.4 Å². The standard InChI is InChI=1S/C20H20O2/c1-14(2)22-18-12-11-16-9-6-10-17(19(16)20(18)21)13-15-7-4-3-5-8-15/h3-12,14,21H,13H2,1-2H3. The molecule has 3 aromatic rings. The molecule has 0 spiro atoms. The number of benzene rings is 3. The summed E-state index contributed by atoms with van der Waals surface area (Å²) in [6.07, 6.45) is 0.821. The van der Waals surface area contributed by atoms with Crippen LogP contribution in [0.4, 0.5) is 0 Å².